The van der Waals surface area contributed by atoms with Crippen LogP contribution in [0.3, 0.4) is 0 Å². The van der Waals surface area contributed by atoms with Gasteiger partial charge in [0.2, 0.25) is 0 Å². The number of hydrogen-bond donors (Lipinski definition) is 2. The number of aromatic nitrogens is 1. The minimum atomic E-state index is -0.191. The van der Waals surface area contributed by atoms with Crippen LogP contribution >= 0.6 is 11.3 Å². The van der Waals surface area contributed by atoms with Crippen LogP contribution in [0, 0.1) is 19.8 Å². The van der Waals surface area contributed by atoms with Gasteiger partial charge in [-0.25, -0.2) is 4.98 Å². The van der Waals surface area contributed by atoms with Crippen LogP contribution in [0.1, 0.15) is 50.1 Å². The highest BCUT2D eigenvalue weighted by Gasteiger charge is 2.17. The third kappa shape index (κ3) is 5.29. The van der Waals surface area contributed by atoms with E-state index in [1.807, 2.05) is 44.2 Å². The van der Waals surface area contributed by atoms with Crippen LogP contribution in [0.4, 0.5) is 11.4 Å². The van der Waals surface area contributed by atoms with Crippen molar-refractivity contribution in [1.29, 1.82) is 0 Å². The van der Waals surface area contributed by atoms with Crippen molar-refractivity contribution in [1.82, 2.24) is 4.98 Å². The molecular weight excluding hydrogens is 382 g/mol. The molecule has 0 unspecified atom stereocenters. The van der Waals surface area contributed by atoms with Crippen molar-refractivity contribution in [3.05, 3.63) is 75.2 Å². The third-order valence-electron chi connectivity index (χ3n) is 4.41. The minimum absolute atomic E-state index is 0.176. The van der Waals surface area contributed by atoms with Crippen molar-refractivity contribution < 1.29 is 9.59 Å². The molecule has 150 valence electrons. The van der Waals surface area contributed by atoms with Gasteiger partial charge >= 0.3 is 0 Å². The summed E-state index contributed by atoms with van der Waals surface area (Å²) in [6, 6.07) is 14.5. The van der Waals surface area contributed by atoms with E-state index in [1.54, 1.807) is 18.2 Å². The zero-order valence-corrected chi connectivity index (χ0v) is 17.9. The highest BCUT2D eigenvalue weighted by atomic mass is 32.1. The number of carbonyl (C=O) groups is 2. The number of benzene rings is 2. The number of hydrogen-bond acceptors (Lipinski definition) is 4. The van der Waals surface area contributed by atoms with E-state index in [2.05, 4.69) is 29.5 Å². The quantitative estimate of drug-likeness (QED) is 0.570. The van der Waals surface area contributed by atoms with Gasteiger partial charge in [0.1, 0.15) is 4.88 Å². The lowest BCUT2D eigenvalue weighted by Crippen LogP contribution is -2.14. The molecule has 6 heteroatoms. The van der Waals surface area contributed by atoms with Crippen LogP contribution in [0.25, 0.3) is 0 Å². The van der Waals surface area contributed by atoms with Crippen LogP contribution in [0.2, 0.25) is 0 Å². The minimum Gasteiger partial charge on any atom is -0.322 e. The van der Waals surface area contributed by atoms with Gasteiger partial charge in [0.05, 0.1) is 10.7 Å². The number of carbonyl (C=O) groups excluding carboxylic acids is 2. The molecule has 0 fully saturated rings. The molecule has 0 aliphatic carbocycles. The maximum Gasteiger partial charge on any atom is 0.267 e. The van der Waals surface area contributed by atoms with E-state index < -0.39 is 0 Å². The molecular formula is C23H25N3O2S. The average Bonchev–Trinajstić information content (AvgIpc) is 3.04. The molecule has 0 aliphatic rings. The molecule has 0 saturated carbocycles. The van der Waals surface area contributed by atoms with Gasteiger partial charge in [0.25, 0.3) is 11.8 Å². The van der Waals surface area contributed by atoms with Crippen molar-refractivity contribution in [2.75, 3.05) is 10.6 Å². The van der Waals surface area contributed by atoms with Gasteiger partial charge in [-0.2, -0.15) is 0 Å². The Balaban J connectivity index is 1.76. The van der Waals surface area contributed by atoms with Crippen LogP contribution in [-0.2, 0) is 6.42 Å². The van der Waals surface area contributed by atoms with Gasteiger partial charge in [0, 0.05) is 23.4 Å². The summed E-state index contributed by atoms with van der Waals surface area (Å²) in [6.07, 6.45) is 0.860. The Hall–Kier alpha value is -2.99. The normalized spacial score (nSPS) is 10.8. The lowest BCUT2D eigenvalue weighted by Gasteiger charge is -2.11. The molecule has 5 nitrogen and oxygen atoms in total. The van der Waals surface area contributed by atoms with Crippen molar-refractivity contribution in [2.45, 2.75) is 34.1 Å². The summed E-state index contributed by atoms with van der Waals surface area (Å²) in [5, 5.41) is 6.82. The SMILES string of the molecule is Cc1ccc(NC(=O)c2ccccc2)cc1NC(=O)c1sc(CC(C)C)nc1C. The molecule has 0 atom stereocenters. The molecule has 2 aromatic carbocycles. The highest BCUT2D eigenvalue weighted by Crippen LogP contribution is 2.25. The molecule has 1 aromatic heterocycles. The van der Waals surface area contributed by atoms with Gasteiger partial charge in [-0.1, -0.05) is 38.1 Å². The van der Waals surface area contributed by atoms with E-state index in [-0.39, 0.29) is 11.8 Å². The van der Waals surface area contributed by atoms with E-state index in [9.17, 15) is 9.59 Å². The summed E-state index contributed by atoms with van der Waals surface area (Å²) >= 11 is 1.44. The average molecular weight is 408 g/mol. The summed E-state index contributed by atoms with van der Waals surface area (Å²) in [6.45, 7) is 8.05. The van der Waals surface area contributed by atoms with E-state index in [4.69, 9.17) is 0 Å². The molecule has 0 radical (unpaired) electrons. The number of anilines is 2. The first-order valence-electron chi connectivity index (χ1n) is 9.58. The lowest BCUT2D eigenvalue weighted by atomic mass is 10.1. The monoisotopic (exact) mass is 407 g/mol. The molecule has 0 saturated heterocycles. The Labute approximate surface area is 175 Å². The topological polar surface area (TPSA) is 71.1 Å². The zero-order chi connectivity index (χ0) is 21.0. The van der Waals surface area contributed by atoms with Crippen LogP contribution in [0.5, 0.6) is 0 Å². The maximum absolute atomic E-state index is 12.8. The fraction of sp³-hybridized carbons (Fsp3) is 0.261. The van der Waals surface area contributed by atoms with E-state index in [0.29, 0.717) is 27.7 Å². The Morgan fingerprint density at radius 2 is 1.72 bits per heavy atom. The molecule has 2 N–H and O–H groups in total. The highest BCUT2D eigenvalue weighted by molar-refractivity contribution is 7.13. The predicted octanol–water partition coefficient (Wildman–Crippen LogP) is 5.46. The lowest BCUT2D eigenvalue weighted by molar-refractivity contribution is 0.102. The largest absolute Gasteiger partial charge is 0.322 e. The number of amides is 2. The summed E-state index contributed by atoms with van der Waals surface area (Å²) < 4.78 is 0. The first-order valence-corrected chi connectivity index (χ1v) is 10.4. The standard InChI is InChI=1S/C23H25N3O2S/c1-14(2)12-20-24-16(4)21(29-20)23(28)26-19-13-18(11-10-15(19)3)25-22(27)17-8-6-5-7-9-17/h5-11,13-14H,12H2,1-4H3,(H,25,27)(H,26,28). The van der Waals surface area contributed by atoms with Gasteiger partial charge in [-0.15, -0.1) is 11.3 Å². The Morgan fingerprint density at radius 1 is 1.00 bits per heavy atom. The fourth-order valence-electron chi connectivity index (χ4n) is 2.91. The second-order valence-corrected chi connectivity index (χ2v) is 8.51. The number of thiazole rings is 1. The Bertz CT molecular complexity index is 1030. The number of rotatable bonds is 6. The third-order valence-corrected chi connectivity index (χ3v) is 5.59. The molecule has 0 aliphatic heterocycles. The molecule has 3 aromatic rings. The fourth-order valence-corrected chi connectivity index (χ4v) is 4.08. The summed E-state index contributed by atoms with van der Waals surface area (Å²) in [5.41, 5.74) is 3.53. The van der Waals surface area contributed by atoms with Crippen LogP contribution in [-0.4, -0.2) is 16.8 Å². The predicted molar refractivity (Wildman–Crippen MR) is 119 cm³/mol. The molecule has 0 bridgehead atoms. The number of aryl methyl sites for hydroxylation is 2. The molecule has 1 heterocycles. The van der Waals surface area contributed by atoms with Crippen molar-refractivity contribution >= 4 is 34.5 Å². The van der Waals surface area contributed by atoms with Crippen molar-refractivity contribution in [2.24, 2.45) is 5.92 Å². The van der Waals surface area contributed by atoms with E-state index in [0.717, 1.165) is 22.7 Å². The summed E-state index contributed by atoms with van der Waals surface area (Å²) in [4.78, 5) is 30.3. The second-order valence-electron chi connectivity index (χ2n) is 7.42. The maximum atomic E-state index is 12.8. The van der Waals surface area contributed by atoms with E-state index in [1.165, 1.54) is 11.3 Å². The van der Waals surface area contributed by atoms with Crippen LogP contribution < -0.4 is 10.6 Å². The molecule has 0 spiro atoms. The Kier molecular flexibility index (Phi) is 6.44. The number of nitrogens with one attached hydrogen (secondary N) is 2. The Morgan fingerprint density at radius 3 is 2.41 bits per heavy atom. The van der Waals surface area contributed by atoms with E-state index >= 15 is 0 Å². The first kappa shape index (κ1) is 20.7. The van der Waals surface area contributed by atoms with Gasteiger partial charge < -0.3 is 10.6 Å². The van der Waals surface area contributed by atoms with Crippen molar-refractivity contribution in [3.63, 3.8) is 0 Å². The summed E-state index contributed by atoms with van der Waals surface area (Å²) in [5.74, 6) is 0.122. The smallest absolute Gasteiger partial charge is 0.267 e. The van der Waals surface area contributed by atoms with Crippen molar-refractivity contribution in [3.8, 4) is 0 Å². The van der Waals surface area contributed by atoms with Gasteiger partial charge in [-0.3, -0.25) is 9.59 Å². The van der Waals surface area contributed by atoms with Crippen LogP contribution in [0.15, 0.2) is 48.5 Å². The zero-order valence-electron chi connectivity index (χ0n) is 17.1. The summed E-state index contributed by atoms with van der Waals surface area (Å²) in [7, 11) is 0. The second kappa shape index (κ2) is 9.01. The van der Waals surface area contributed by atoms with Gasteiger partial charge in [-0.05, 0) is 49.6 Å². The van der Waals surface area contributed by atoms with Gasteiger partial charge in [0.15, 0.2) is 0 Å². The molecule has 29 heavy (non-hydrogen) atoms. The number of nitrogens with zero attached hydrogens (tertiary/aromatic N) is 1. The first-order chi connectivity index (χ1) is 13.8. The molecule has 3 rings (SSSR count). The molecule has 2 amide bonds.